The molecule has 0 amide bonds. The summed E-state index contributed by atoms with van der Waals surface area (Å²) in [4.78, 5) is 12.5. The summed E-state index contributed by atoms with van der Waals surface area (Å²) in [5, 5.41) is 0. The summed E-state index contributed by atoms with van der Waals surface area (Å²) in [5.41, 5.74) is 5.39. The maximum absolute atomic E-state index is 12.5. The van der Waals surface area contributed by atoms with Gasteiger partial charge >= 0.3 is 0 Å². The lowest BCUT2D eigenvalue weighted by Gasteiger charge is -1.99. The third-order valence-corrected chi connectivity index (χ3v) is 3.85. The number of benzene rings is 3. The zero-order chi connectivity index (χ0) is 14.9. The summed E-state index contributed by atoms with van der Waals surface area (Å²) in [6, 6.07) is 23.5. The molecule has 0 bridgehead atoms. The molecule has 22 heavy (non-hydrogen) atoms. The minimum atomic E-state index is 0.0916. The maximum Gasteiger partial charge on any atom is 0.194 e. The molecule has 0 heterocycles. The minimum Gasteiger partial charge on any atom is -0.289 e. The molecule has 102 valence electrons. The Balaban J connectivity index is 1.76. The second kappa shape index (κ2) is 5.02. The van der Waals surface area contributed by atoms with Gasteiger partial charge in [0.05, 0.1) is 0 Å². The fourth-order valence-electron chi connectivity index (χ4n) is 2.77. The molecular weight excluding hydrogens is 268 g/mol. The molecule has 3 aromatic carbocycles. The number of carbonyl (C=O) groups excluding carboxylic acids is 1. The van der Waals surface area contributed by atoms with Crippen molar-refractivity contribution in [2.45, 2.75) is 0 Å². The summed E-state index contributed by atoms with van der Waals surface area (Å²) < 4.78 is 0. The van der Waals surface area contributed by atoms with Gasteiger partial charge in [0.25, 0.3) is 0 Å². The average molecular weight is 280 g/mol. The van der Waals surface area contributed by atoms with Gasteiger partial charge in [0.1, 0.15) is 0 Å². The fraction of sp³-hybridized carbons (Fsp3) is 0. The number of hydrogen-bond donors (Lipinski definition) is 0. The van der Waals surface area contributed by atoms with Gasteiger partial charge in [-0.3, -0.25) is 4.79 Å². The molecule has 0 N–H and O–H groups in total. The lowest BCUT2D eigenvalue weighted by molar-refractivity contribution is 0.104. The quantitative estimate of drug-likeness (QED) is 0.439. The lowest BCUT2D eigenvalue weighted by atomic mass is 10.0. The van der Waals surface area contributed by atoms with Crippen LogP contribution in [0.5, 0.6) is 0 Å². The first-order valence-corrected chi connectivity index (χ1v) is 7.18. The Kier molecular flexibility index (Phi) is 2.88. The molecule has 0 fully saturated rings. The smallest absolute Gasteiger partial charge is 0.194 e. The zero-order valence-electron chi connectivity index (χ0n) is 11.8. The monoisotopic (exact) mass is 280 g/mol. The van der Waals surface area contributed by atoms with E-state index in [4.69, 9.17) is 0 Å². The number of ketones is 1. The normalized spacial score (nSPS) is 11.4. The molecule has 3 aromatic rings. The Hall–Kier alpha value is -3.11. The molecule has 0 unspecified atom stereocenters. The molecule has 0 atom stereocenters. The molecule has 0 saturated heterocycles. The van der Waals surface area contributed by atoms with Crippen molar-refractivity contribution in [3.8, 4) is 23.0 Å². The zero-order valence-corrected chi connectivity index (χ0v) is 11.8. The van der Waals surface area contributed by atoms with Gasteiger partial charge < -0.3 is 0 Å². The first-order chi connectivity index (χ1) is 10.8. The summed E-state index contributed by atoms with van der Waals surface area (Å²) in [6.07, 6.45) is 0. The molecule has 0 saturated carbocycles. The maximum atomic E-state index is 12.5. The van der Waals surface area contributed by atoms with Crippen molar-refractivity contribution < 1.29 is 4.79 Å². The van der Waals surface area contributed by atoms with Gasteiger partial charge in [0.2, 0.25) is 0 Å². The Morgan fingerprint density at radius 3 is 2.00 bits per heavy atom. The molecule has 0 radical (unpaired) electrons. The number of carbonyl (C=O) groups is 1. The molecule has 4 rings (SSSR count). The Morgan fingerprint density at radius 2 is 1.18 bits per heavy atom. The van der Waals surface area contributed by atoms with Crippen molar-refractivity contribution in [2.24, 2.45) is 0 Å². The van der Waals surface area contributed by atoms with Gasteiger partial charge in [-0.1, -0.05) is 60.4 Å². The van der Waals surface area contributed by atoms with Gasteiger partial charge in [0.15, 0.2) is 5.78 Å². The van der Waals surface area contributed by atoms with E-state index >= 15 is 0 Å². The number of hydrogen-bond acceptors (Lipinski definition) is 1. The highest BCUT2D eigenvalue weighted by Crippen LogP contribution is 2.36. The third kappa shape index (κ3) is 2.03. The van der Waals surface area contributed by atoms with Crippen LogP contribution in [0.4, 0.5) is 0 Å². The van der Waals surface area contributed by atoms with Crippen LogP contribution in [-0.4, -0.2) is 5.78 Å². The molecule has 0 spiro atoms. The van der Waals surface area contributed by atoms with Crippen molar-refractivity contribution >= 4 is 5.78 Å². The van der Waals surface area contributed by atoms with E-state index in [1.54, 1.807) is 0 Å². The SMILES string of the molecule is O=C1c2ccccc2-c2ccc(C#Cc3ccccc3)cc21. The summed E-state index contributed by atoms with van der Waals surface area (Å²) in [5.74, 6) is 6.35. The van der Waals surface area contributed by atoms with E-state index < -0.39 is 0 Å². The highest BCUT2D eigenvalue weighted by Gasteiger charge is 2.25. The van der Waals surface area contributed by atoms with Gasteiger partial charge in [0, 0.05) is 22.3 Å². The summed E-state index contributed by atoms with van der Waals surface area (Å²) in [6.45, 7) is 0. The van der Waals surface area contributed by atoms with E-state index in [1.807, 2.05) is 72.8 Å². The standard InChI is InChI=1S/C21H12O/c22-21-19-9-5-4-8-17(19)18-13-12-16(14-20(18)21)11-10-15-6-2-1-3-7-15/h1-9,12-14H. The van der Waals surface area contributed by atoms with Gasteiger partial charge in [-0.15, -0.1) is 0 Å². The van der Waals surface area contributed by atoms with E-state index in [0.717, 1.165) is 33.4 Å². The predicted octanol–water partition coefficient (Wildman–Crippen LogP) is 4.30. The van der Waals surface area contributed by atoms with Crippen LogP contribution in [0, 0.1) is 11.8 Å². The van der Waals surface area contributed by atoms with Crippen molar-refractivity contribution in [2.75, 3.05) is 0 Å². The topological polar surface area (TPSA) is 17.1 Å². The van der Waals surface area contributed by atoms with Crippen LogP contribution in [0.3, 0.4) is 0 Å². The summed E-state index contributed by atoms with van der Waals surface area (Å²) >= 11 is 0. The molecule has 0 aliphatic heterocycles. The van der Waals surface area contributed by atoms with Crippen molar-refractivity contribution in [1.29, 1.82) is 0 Å². The van der Waals surface area contributed by atoms with Gasteiger partial charge in [-0.25, -0.2) is 0 Å². The van der Waals surface area contributed by atoms with Crippen molar-refractivity contribution in [3.05, 3.63) is 95.1 Å². The molecule has 1 nitrogen and oxygen atoms in total. The lowest BCUT2D eigenvalue weighted by Crippen LogP contribution is -1.95. The Labute approximate surface area is 129 Å². The minimum absolute atomic E-state index is 0.0916. The van der Waals surface area contributed by atoms with E-state index in [2.05, 4.69) is 11.8 Å². The van der Waals surface area contributed by atoms with Crippen LogP contribution in [-0.2, 0) is 0 Å². The predicted molar refractivity (Wildman–Crippen MR) is 87.7 cm³/mol. The van der Waals surface area contributed by atoms with Crippen LogP contribution in [0.15, 0.2) is 72.8 Å². The molecule has 0 aromatic heterocycles. The molecule has 1 aliphatic carbocycles. The summed E-state index contributed by atoms with van der Waals surface area (Å²) in [7, 11) is 0. The second-order valence-electron chi connectivity index (χ2n) is 5.25. The first kappa shape index (κ1) is 12.6. The van der Waals surface area contributed by atoms with Crippen molar-refractivity contribution in [1.82, 2.24) is 0 Å². The van der Waals surface area contributed by atoms with Crippen molar-refractivity contribution in [3.63, 3.8) is 0 Å². The molecule has 1 aliphatic rings. The number of fused-ring (bicyclic) bond motifs is 3. The molecular formula is C21H12O. The van der Waals surface area contributed by atoms with Crippen LogP contribution in [0.1, 0.15) is 27.0 Å². The van der Waals surface area contributed by atoms with Gasteiger partial charge in [-0.05, 0) is 35.4 Å². The first-order valence-electron chi connectivity index (χ1n) is 7.18. The Morgan fingerprint density at radius 1 is 0.545 bits per heavy atom. The average Bonchev–Trinajstić information content (AvgIpc) is 2.87. The van der Waals surface area contributed by atoms with Crippen LogP contribution < -0.4 is 0 Å². The van der Waals surface area contributed by atoms with E-state index in [1.165, 1.54) is 0 Å². The van der Waals surface area contributed by atoms with E-state index in [-0.39, 0.29) is 5.78 Å². The highest BCUT2D eigenvalue weighted by molar-refractivity contribution is 6.21. The van der Waals surface area contributed by atoms with E-state index in [0.29, 0.717) is 0 Å². The third-order valence-electron chi connectivity index (χ3n) is 3.85. The largest absolute Gasteiger partial charge is 0.289 e. The van der Waals surface area contributed by atoms with Gasteiger partial charge in [-0.2, -0.15) is 0 Å². The van der Waals surface area contributed by atoms with Crippen LogP contribution in [0.25, 0.3) is 11.1 Å². The second-order valence-corrected chi connectivity index (χ2v) is 5.25. The molecule has 1 heteroatoms. The highest BCUT2D eigenvalue weighted by atomic mass is 16.1. The van der Waals surface area contributed by atoms with E-state index in [9.17, 15) is 4.79 Å². The number of rotatable bonds is 0. The van der Waals surface area contributed by atoms with Crippen LogP contribution >= 0.6 is 0 Å². The van der Waals surface area contributed by atoms with Crippen LogP contribution in [0.2, 0.25) is 0 Å². The fourth-order valence-corrected chi connectivity index (χ4v) is 2.77. The Bertz CT molecular complexity index is 940.